The number of amides is 1. The number of ether oxygens (including phenoxy) is 1. The molecule has 0 fully saturated rings. The fourth-order valence-electron chi connectivity index (χ4n) is 3.72. The fourth-order valence-corrected chi connectivity index (χ4v) is 3.72. The summed E-state index contributed by atoms with van der Waals surface area (Å²) in [6.45, 7) is 0. The van der Waals surface area contributed by atoms with Gasteiger partial charge in [-0.05, 0) is 24.3 Å². The summed E-state index contributed by atoms with van der Waals surface area (Å²) < 4.78 is 11.4. The van der Waals surface area contributed by atoms with Crippen molar-refractivity contribution in [1.29, 1.82) is 0 Å². The molecule has 2 aromatic heterocycles. The Balaban J connectivity index is 1.37. The monoisotopic (exact) mass is 413 g/mol. The zero-order valence-corrected chi connectivity index (χ0v) is 16.8. The van der Waals surface area contributed by atoms with Gasteiger partial charge in [-0.3, -0.25) is 9.59 Å². The number of aromatic nitrogens is 2. The van der Waals surface area contributed by atoms with Crippen LogP contribution in [0.1, 0.15) is 12.2 Å². The van der Waals surface area contributed by atoms with E-state index in [1.165, 1.54) is 0 Å². The van der Waals surface area contributed by atoms with Crippen LogP contribution in [0.25, 0.3) is 32.8 Å². The van der Waals surface area contributed by atoms with E-state index in [-0.39, 0.29) is 17.9 Å². The minimum atomic E-state index is -0.218. The van der Waals surface area contributed by atoms with E-state index in [4.69, 9.17) is 9.15 Å². The molecule has 0 aliphatic heterocycles. The number of rotatable bonds is 5. The Morgan fingerprint density at radius 2 is 1.81 bits per heavy atom. The molecule has 7 nitrogen and oxygen atoms in total. The number of methoxy groups -OCH3 is 1. The van der Waals surface area contributed by atoms with Gasteiger partial charge >= 0.3 is 0 Å². The van der Waals surface area contributed by atoms with Crippen molar-refractivity contribution in [2.45, 2.75) is 12.8 Å². The summed E-state index contributed by atoms with van der Waals surface area (Å²) in [5, 5.41) is 5.31. The van der Waals surface area contributed by atoms with Gasteiger partial charge in [-0.15, -0.1) is 0 Å². The Hall–Kier alpha value is -4.13. The van der Waals surface area contributed by atoms with Crippen molar-refractivity contribution in [2.24, 2.45) is 0 Å². The molecule has 3 aromatic carbocycles. The number of para-hydroxylation sites is 2. The predicted molar refractivity (Wildman–Crippen MR) is 120 cm³/mol. The van der Waals surface area contributed by atoms with Gasteiger partial charge in [0.25, 0.3) is 5.56 Å². The number of benzene rings is 3. The fraction of sp³-hybridized carbons (Fsp3) is 0.125. The Kier molecular flexibility index (Phi) is 4.63. The molecule has 5 aromatic rings. The molecule has 31 heavy (non-hydrogen) atoms. The molecule has 0 aliphatic carbocycles. The van der Waals surface area contributed by atoms with Gasteiger partial charge in [0.1, 0.15) is 22.7 Å². The molecule has 1 amide bonds. The number of hydrogen-bond donors (Lipinski definition) is 2. The van der Waals surface area contributed by atoms with E-state index in [1.807, 2.05) is 36.4 Å². The molecule has 0 radical (unpaired) electrons. The van der Waals surface area contributed by atoms with Crippen molar-refractivity contribution >= 4 is 44.4 Å². The average molecular weight is 413 g/mol. The Labute approximate surface area is 176 Å². The van der Waals surface area contributed by atoms with Crippen molar-refractivity contribution in [1.82, 2.24) is 9.97 Å². The third kappa shape index (κ3) is 3.50. The van der Waals surface area contributed by atoms with Crippen LogP contribution in [-0.2, 0) is 11.2 Å². The van der Waals surface area contributed by atoms with Crippen molar-refractivity contribution < 1.29 is 13.9 Å². The minimum absolute atomic E-state index is 0.155. The first-order valence-corrected chi connectivity index (χ1v) is 9.89. The topological polar surface area (TPSA) is 97.2 Å². The molecule has 0 aliphatic rings. The van der Waals surface area contributed by atoms with Crippen molar-refractivity contribution in [3.05, 3.63) is 76.8 Å². The number of carbonyl (C=O) groups is 1. The second-order valence-electron chi connectivity index (χ2n) is 7.22. The molecule has 0 atom stereocenters. The van der Waals surface area contributed by atoms with Gasteiger partial charge in [0, 0.05) is 29.7 Å². The quantitative estimate of drug-likeness (QED) is 0.445. The molecule has 0 bridgehead atoms. The number of furan rings is 1. The third-order valence-corrected chi connectivity index (χ3v) is 5.22. The molecule has 2 N–H and O–H groups in total. The Bertz CT molecular complexity index is 1500. The van der Waals surface area contributed by atoms with E-state index < -0.39 is 0 Å². The number of H-pyrrole nitrogens is 1. The molecule has 0 saturated heterocycles. The number of carbonyl (C=O) groups excluding carboxylic acids is 1. The Morgan fingerprint density at radius 3 is 2.65 bits per heavy atom. The van der Waals surface area contributed by atoms with Crippen LogP contribution in [0.3, 0.4) is 0 Å². The van der Waals surface area contributed by atoms with Crippen LogP contribution in [0.5, 0.6) is 5.75 Å². The molecule has 0 unspecified atom stereocenters. The number of anilines is 1. The summed E-state index contributed by atoms with van der Waals surface area (Å²) in [6, 6.07) is 18.5. The number of hydrogen-bond acceptors (Lipinski definition) is 5. The zero-order chi connectivity index (χ0) is 21.4. The summed E-state index contributed by atoms with van der Waals surface area (Å²) in [7, 11) is 1.56. The maximum atomic E-state index is 12.6. The summed E-state index contributed by atoms with van der Waals surface area (Å²) in [4.78, 5) is 32.0. The molecular formula is C24H19N3O4. The van der Waals surface area contributed by atoms with E-state index in [0.29, 0.717) is 40.2 Å². The number of nitrogens with zero attached hydrogens (tertiary/aromatic N) is 1. The number of fused-ring (bicyclic) bond motifs is 4. The first kappa shape index (κ1) is 18.9. The predicted octanol–water partition coefficient (Wildman–Crippen LogP) is 4.40. The SMILES string of the molecule is COc1cc2c(cc1NC(=O)CCc1nc3ccccc3c(=O)[nH]1)oc1ccccc12. The average Bonchev–Trinajstić information content (AvgIpc) is 3.14. The molecule has 0 spiro atoms. The van der Waals surface area contributed by atoms with Gasteiger partial charge in [0.15, 0.2) is 0 Å². The highest BCUT2D eigenvalue weighted by molar-refractivity contribution is 6.07. The van der Waals surface area contributed by atoms with Crippen LogP contribution in [0.2, 0.25) is 0 Å². The van der Waals surface area contributed by atoms with Crippen LogP contribution >= 0.6 is 0 Å². The van der Waals surface area contributed by atoms with Crippen molar-refractivity contribution in [3.63, 3.8) is 0 Å². The third-order valence-electron chi connectivity index (χ3n) is 5.22. The molecule has 154 valence electrons. The van der Waals surface area contributed by atoms with Crippen LogP contribution < -0.4 is 15.6 Å². The van der Waals surface area contributed by atoms with Crippen molar-refractivity contribution in [3.8, 4) is 5.75 Å². The maximum Gasteiger partial charge on any atom is 0.258 e. The van der Waals surface area contributed by atoms with E-state index >= 15 is 0 Å². The Morgan fingerprint density at radius 1 is 1.03 bits per heavy atom. The smallest absolute Gasteiger partial charge is 0.258 e. The van der Waals surface area contributed by atoms with Gasteiger partial charge in [-0.25, -0.2) is 4.98 Å². The number of aryl methyl sites for hydroxylation is 1. The van der Waals surface area contributed by atoms with Crippen molar-refractivity contribution in [2.75, 3.05) is 12.4 Å². The van der Waals surface area contributed by atoms with Gasteiger partial charge < -0.3 is 19.5 Å². The summed E-state index contributed by atoms with van der Waals surface area (Å²) in [6.07, 6.45) is 0.462. The van der Waals surface area contributed by atoms with E-state index in [0.717, 1.165) is 16.4 Å². The number of aromatic amines is 1. The lowest BCUT2D eigenvalue weighted by atomic mass is 10.1. The van der Waals surface area contributed by atoms with Crippen LogP contribution in [0.15, 0.2) is 69.9 Å². The summed E-state index contributed by atoms with van der Waals surface area (Å²) in [5.74, 6) is 0.799. The lowest BCUT2D eigenvalue weighted by Gasteiger charge is -2.10. The summed E-state index contributed by atoms with van der Waals surface area (Å²) >= 11 is 0. The number of nitrogens with one attached hydrogen (secondary N) is 2. The maximum absolute atomic E-state index is 12.6. The minimum Gasteiger partial charge on any atom is -0.495 e. The first-order valence-electron chi connectivity index (χ1n) is 9.89. The van der Waals surface area contributed by atoms with Gasteiger partial charge in [0.2, 0.25) is 5.91 Å². The summed E-state index contributed by atoms with van der Waals surface area (Å²) in [5.41, 5.74) is 2.36. The highest BCUT2D eigenvalue weighted by atomic mass is 16.5. The van der Waals surface area contributed by atoms with E-state index in [1.54, 1.807) is 31.4 Å². The molecule has 0 saturated carbocycles. The molecule has 2 heterocycles. The largest absolute Gasteiger partial charge is 0.495 e. The second kappa shape index (κ2) is 7.60. The molecule has 5 rings (SSSR count). The standard InChI is InChI=1S/C24H19N3O4/c1-30-21-12-16-14-6-3-5-9-19(14)31-20(16)13-18(21)26-23(28)11-10-22-25-17-8-4-2-7-15(17)24(29)27-22/h2-9,12-13H,10-11H2,1H3,(H,26,28)(H,25,27,29). The zero-order valence-electron chi connectivity index (χ0n) is 16.8. The van der Waals surface area contributed by atoms with E-state index in [2.05, 4.69) is 15.3 Å². The lowest BCUT2D eigenvalue weighted by molar-refractivity contribution is -0.116. The highest BCUT2D eigenvalue weighted by Crippen LogP contribution is 2.36. The van der Waals surface area contributed by atoms with Gasteiger partial charge in [0.05, 0.1) is 23.7 Å². The highest BCUT2D eigenvalue weighted by Gasteiger charge is 2.14. The molecular weight excluding hydrogens is 394 g/mol. The lowest BCUT2D eigenvalue weighted by Crippen LogP contribution is -2.16. The first-order chi connectivity index (χ1) is 15.1. The molecule has 7 heteroatoms. The van der Waals surface area contributed by atoms with Gasteiger partial charge in [-0.1, -0.05) is 30.3 Å². The van der Waals surface area contributed by atoms with Gasteiger partial charge in [-0.2, -0.15) is 0 Å². The van der Waals surface area contributed by atoms with Crippen LogP contribution in [0.4, 0.5) is 5.69 Å². The normalized spacial score (nSPS) is 11.3. The van der Waals surface area contributed by atoms with Crippen LogP contribution in [-0.4, -0.2) is 23.0 Å². The van der Waals surface area contributed by atoms with E-state index in [9.17, 15) is 9.59 Å². The second-order valence-corrected chi connectivity index (χ2v) is 7.22. The van der Waals surface area contributed by atoms with Crippen LogP contribution in [0, 0.1) is 0 Å².